The van der Waals surface area contributed by atoms with Crippen LogP contribution in [0.2, 0.25) is 5.15 Å². The number of aliphatic hydroxyl groups is 1. The summed E-state index contributed by atoms with van der Waals surface area (Å²) >= 11 is 6.27. The van der Waals surface area contributed by atoms with Crippen molar-refractivity contribution >= 4 is 11.6 Å². The molecule has 0 aliphatic heterocycles. The van der Waals surface area contributed by atoms with E-state index < -0.39 is 0 Å². The molecule has 1 heterocycles. The normalized spacial score (nSPS) is 10.8. The number of aryl methyl sites for hydroxylation is 2. The molecule has 1 aromatic heterocycles. The van der Waals surface area contributed by atoms with Crippen LogP contribution in [-0.2, 0) is 6.42 Å². The van der Waals surface area contributed by atoms with Crippen molar-refractivity contribution in [3.8, 4) is 5.69 Å². The molecule has 1 aromatic carbocycles. The molecule has 0 amide bonds. The maximum atomic E-state index is 8.99. The number of aliphatic hydroxyl groups excluding tert-OH is 1. The Bertz CT molecular complexity index is 517. The molecule has 0 radical (unpaired) electrons. The molecule has 0 aliphatic carbocycles. The molecule has 0 saturated carbocycles. The zero-order valence-corrected chi connectivity index (χ0v) is 10.7. The molecule has 0 unspecified atom stereocenters. The highest BCUT2D eigenvalue weighted by Gasteiger charge is 2.13. The van der Waals surface area contributed by atoms with Gasteiger partial charge in [0.2, 0.25) is 0 Å². The lowest BCUT2D eigenvalue weighted by atomic mass is 10.2. The monoisotopic (exact) mass is 250 g/mol. The van der Waals surface area contributed by atoms with Gasteiger partial charge in [0.1, 0.15) is 5.15 Å². The van der Waals surface area contributed by atoms with Crippen LogP contribution in [0, 0.1) is 13.8 Å². The van der Waals surface area contributed by atoms with Gasteiger partial charge >= 0.3 is 0 Å². The molecular weight excluding hydrogens is 236 g/mol. The molecule has 0 aliphatic rings. The van der Waals surface area contributed by atoms with Crippen LogP contribution in [0.15, 0.2) is 24.3 Å². The third-order valence-corrected chi connectivity index (χ3v) is 3.15. The summed E-state index contributed by atoms with van der Waals surface area (Å²) < 4.78 is 1.71. The maximum absolute atomic E-state index is 8.99. The van der Waals surface area contributed by atoms with Gasteiger partial charge in [-0.3, -0.25) is 0 Å². The highest BCUT2D eigenvalue weighted by Crippen LogP contribution is 2.23. The Balaban J connectivity index is 2.46. The van der Waals surface area contributed by atoms with Crippen molar-refractivity contribution < 1.29 is 5.11 Å². The third kappa shape index (κ3) is 2.35. The fraction of sp³-hybridized carbons (Fsp3) is 0.308. The van der Waals surface area contributed by atoms with Gasteiger partial charge in [0.05, 0.1) is 11.4 Å². The lowest BCUT2D eigenvalue weighted by Gasteiger charge is -2.03. The first-order chi connectivity index (χ1) is 8.13. The lowest BCUT2D eigenvalue weighted by Crippen LogP contribution is -1.97. The molecule has 0 spiro atoms. The fourth-order valence-electron chi connectivity index (χ4n) is 1.78. The maximum Gasteiger partial charge on any atom is 0.136 e. The van der Waals surface area contributed by atoms with Crippen molar-refractivity contribution in [2.24, 2.45) is 0 Å². The van der Waals surface area contributed by atoms with E-state index in [2.05, 4.69) is 5.10 Å². The minimum Gasteiger partial charge on any atom is -0.396 e. The highest BCUT2D eigenvalue weighted by atomic mass is 35.5. The van der Waals surface area contributed by atoms with Crippen LogP contribution in [0.4, 0.5) is 0 Å². The Morgan fingerprint density at radius 1 is 1.24 bits per heavy atom. The van der Waals surface area contributed by atoms with Crippen LogP contribution in [0.3, 0.4) is 0 Å². The largest absolute Gasteiger partial charge is 0.396 e. The van der Waals surface area contributed by atoms with Crippen molar-refractivity contribution in [2.75, 3.05) is 6.61 Å². The van der Waals surface area contributed by atoms with Crippen LogP contribution in [0.25, 0.3) is 5.69 Å². The van der Waals surface area contributed by atoms with Gasteiger partial charge in [-0.2, -0.15) is 5.10 Å². The van der Waals surface area contributed by atoms with Gasteiger partial charge in [-0.05, 0) is 26.0 Å². The standard InChI is InChI=1S/C13H15ClN2O/c1-9-3-5-11(6-4-9)16-13(14)12(7-8-17)10(2)15-16/h3-6,17H,7-8H2,1-2H3. The van der Waals surface area contributed by atoms with Crippen molar-refractivity contribution in [3.05, 3.63) is 46.2 Å². The van der Waals surface area contributed by atoms with Crippen LogP contribution < -0.4 is 0 Å². The minimum atomic E-state index is 0.0835. The van der Waals surface area contributed by atoms with Crippen molar-refractivity contribution in [3.63, 3.8) is 0 Å². The molecule has 4 heteroatoms. The zero-order chi connectivity index (χ0) is 12.4. The SMILES string of the molecule is Cc1ccc(-n2nc(C)c(CCO)c2Cl)cc1. The summed E-state index contributed by atoms with van der Waals surface area (Å²) in [5.74, 6) is 0. The average molecular weight is 251 g/mol. The van der Waals surface area contributed by atoms with E-state index in [-0.39, 0.29) is 6.61 Å². The quantitative estimate of drug-likeness (QED) is 0.910. The van der Waals surface area contributed by atoms with Gasteiger partial charge in [-0.1, -0.05) is 29.3 Å². The Morgan fingerprint density at radius 3 is 2.47 bits per heavy atom. The van der Waals surface area contributed by atoms with Crippen LogP contribution in [-0.4, -0.2) is 21.5 Å². The van der Waals surface area contributed by atoms with Gasteiger partial charge in [0, 0.05) is 18.6 Å². The first kappa shape index (κ1) is 12.1. The van der Waals surface area contributed by atoms with Crippen LogP contribution in [0.5, 0.6) is 0 Å². The second kappa shape index (κ2) is 4.90. The predicted molar refractivity (Wildman–Crippen MR) is 68.8 cm³/mol. The molecule has 90 valence electrons. The van der Waals surface area contributed by atoms with E-state index in [1.54, 1.807) is 4.68 Å². The van der Waals surface area contributed by atoms with E-state index in [0.29, 0.717) is 11.6 Å². The summed E-state index contributed by atoms with van der Waals surface area (Å²) in [5.41, 5.74) is 3.91. The minimum absolute atomic E-state index is 0.0835. The number of hydrogen-bond donors (Lipinski definition) is 1. The molecule has 1 N–H and O–H groups in total. The number of halogens is 1. The molecule has 2 rings (SSSR count). The summed E-state index contributed by atoms with van der Waals surface area (Å²) in [7, 11) is 0. The summed E-state index contributed by atoms with van der Waals surface area (Å²) in [6.07, 6.45) is 0.538. The second-order valence-electron chi connectivity index (χ2n) is 4.08. The summed E-state index contributed by atoms with van der Waals surface area (Å²) in [5, 5.41) is 14.0. The first-order valence-electron chi connectivity index (χ1n) is 5.55. The Labute approximate surface area is 106 Å². The number of rotatable bonds is 3. The smallest absolute Gasteiger partial charge is 0.136 e. The van der Waals surface area contributed by atoms with Gasteiger partial charge in [0.25, 0.3) is 0 Å². The third-order valence-electron chi connectivity index (χ3n) is 2.76. The number of benzene rings is 1. The molecule has 3 nitrogen and oxygen atoms in total. The molecule has 0 saturated heterocycles. The highest BCUT2D eigenvalue weighted by molar-refractivity contribution is 6.30. The zero-order valence-electron chi connectivity index (χ0n) is 9.94. The van der Waals surface area contributed by atoms with E-state index in [1.165, 1.54) is 5.56 Å². The molecular formula is C13H15ClN2O. The van der Waals surface area contributed by atoms with E-state index in [9.17, 15) is 0 Å². The number of hydrogen-bond acceptors (Lipinski definition) is 2. The molecule has 0 atom stereocenters. The van der Waals surface area contributed by atoms with Gasteiger partial charge in [-0.25, -0.2) is 4.68 Å². The Morgan fingerprint density at radius 2 is 1.88 bits per heavy atom. The van der Waals surface area contributed by atoms with Crippen molar-refractivity contribution in [1.82, 2.24) is 9.78 Å². The van der Waals surface area contributed by atoms with Gasteiger partial charge in [-0.15, -0.1) is 0 Å². The summed E-state index contributed by atoms with van der Waals surface area (Å²) in [4.78, 5) is 0. The molecule has 0 bridgehead atoms. The fourth-order valence-corrected chi connectivity index (χ4v) is 2.15. The average Bonchev–Trinajstić information content (AvgIpc) is 2.59. The van der Waals surface area contributed by atoms with Gasteiger partial charge in [0.15, 0.2) is 0 Å². The van der Waals surface area contributed by atoms with Gasteiger partial charge < -0.3 is 5.11 Å². The molecule has 0 fully saturated rings. The van der Waals surface area contributed by atoms with Crippen molar-refractivity contribution in [1.29, 1.82) is 0 Å². The number of nitrogens with zero attached hydrogens (tertiary/aromatic N) is 2. The number of aromatic nitrogens is 2. The predicted octanol–water partition coefficient (Wildman–Crippen LogP) is 2.68. The topological polar surface area (TPSA) is 38.0 Å². The summed E-state index contributed by atoms with van der Waals surface area (Å²) in [6, 6.07) is 8.01. The second-order valence-corrected chi connectivity index (χ2v) is 4.43. The summed E-state index contributed by atoms with van der Waals surface area (Å²) in [6.45, 7) is 4.03. The first-order valence-corrected chi connectivity index (χ1v) is 5.93. The van der Waals surface area contributed by atoms with E-state index in [0.717, 1.165) is 16.9 Å². The Hall–Kier alpha value is -1.32. The molecule has 2 aromatic rings. The Kier molecular flexibility index (Phi) is 3.50. The van der Waals surface area contributed by atoms with E-state index >= 15 is 0 Å². The molecule has 17 heavy (non-hydrogen) atoms. The van der Waals surface area contributed by atoms with Crippen molar-refractivity contribution in [2.45, 2.75) is 20.3 Å². The van der Waals surface area contributed by atoms with E-state index in [4.69, 9.17) is 16.7 Å². The van der Waals surface area contributed by atoms with E-state index in [1.807, 2.05) is 38.1 Å². The van der Waals surface area contributed by atoms with Crippen LogP contribution >= 0.6 is 11.6 Å². The van der Waals surface area contributed by atoms with Crippen LogP contribution in [0.1, 0.15) is 16.8 Å². The lowest BCUT2D eigenvalue weighted by molar-refractivity contribution is 0.299.